The minimum Gasteiger partial charge on any atom is -0.334 e. The number of amides is 1. The van der Waals surface area contributed by atoms with Crippen LogP contribution in [0.25, 0.3) is 0 Å². The largest absolute Gasteiger partial charge is 0.334 e. The maximum Gasteiger partial charge on any atom is 0.226 e. The summed E-state index contributed by atoms with van der Waals surface area (Å²) in [6, 6.07) is 12.7. The third-order valence-corrected chi connectivity index (χ3v) is 6.27. The summed E-state index contributed by atoms with van der Waals surface area (Å²) in [7, 11) is 0. The average molecular weight is 348 g/mol. The number of hydrogen-bond donors (Lipinski definition) is 0. The minimum absolute atomic E-state index is 0.236. The van der Waals surface area contributed by atoms with Crippen LogP contribution in [0.2, 0.25) is 0 Å². The molecule has 4 rings (SSSR count). The van der Waals surface area contributed by atoms with E-state index in [-0.39, 0.29) is 5.92 Å². The van der Waals surface area contributed by atoms with Crippen LogP contribution in [0.15, 0.2) is 48.8 Å². The molecule has 3 nitrogen and oxygen atoms in total. The number of rotatable bonds is 6. The van der Waals surface area contributed by atoms with Crippen molar-refractivity contribution in [3.8, 4) is 0 Å². The molecule has 0 radical (unpaired) electrons. The molecule has 0 spiro atoms. The first-order valence-electron chi connectivity index (χ1n) is 9.98. The molecule has 136 valence electrons. The number of benzene rings is 1. The highest BCUT2D eigenvalue weighted by atomic mass is 16.2. The fourth-order valence-corrected chi connectivity index (χ4v) is 4.81. The van der Waals surface area contributed by atoms with Gasteiger partial charge in [-0.1, -0.05) is 43.7 Å². The molecule has 2 saturated carbocycles. The quantitative estimate of drug-likeness (QED) is 0.764. The van der Waals surface area contributed by atoms with E-state index in [1.807, 2.05) is 12.3 Å². The van der Waals surface area contributed by atoms with Crippen molar-refractivity contribution in [3.63, 3.8) is 0 Å². The molecule has 3 unspecified atom stereocenters. The number of hydrogen-bond acceptors (Lipinski definition) is 2. The summed E-state index contributed by atoms with van der Waals surface area (Å²) < 4.78 is 0. The molecule has 2 fully saturated rings. The molecule has 26 heavy (non-hydrogen) atoms. The van der Waals surface area contributed by atoms with E-state index in [1.54, 1.807) is 6.20 Å². The van der Waals surface area contributed by atoms with E-state index >= 15 is 0 Å². The molecule has 2 aromatic rings. The fraction of sp³-hybridized carbons (Fsp3) is 0.478. The Morgan fingerprint density at radius 2 is 1.81 bits per heavy atom. The second kappa shape index (κ2) is 7.61. The van der Waals surface area contributed by atoms with Gasteiger partial charge in [0.05, 0.1) is 0 Å². The third kappa shape index (κ3) is 3.67. The Kier molecular flexibility index (Phi) is 5.05. The molecular formula is C23H28N2O. The van der Waals surface area contributed by atoms with Crippen LogP contribution in [0.3, 0.4) is 0 Å². The lowest BCUT2D eigenvalue weighted by Gasteiger charge is -2.30. The molecule has 1 amide bonds. The van der Waals surface area contributed by atoms with Gasteiger partial charge in [0, 0.05) is 31.4 Å². The molecule has 2 aliphatic carbocycles. The first-order chi connectivity index (χ1) is 12.7. The number of carbonyl (C=O) groups is 1. The molecule has 0 N–H and O–H groups in total. The van der Waals surface area contributed by atoms with Crippen molar-refractivity contribution in [3.05, 3.63) is 65.5 Å². The molecule has 0 aliphatic heterocycles. The predicted molar refractivity (Wildman–Crippen MR) is 103 cm³/mol. The van der Waals surface area contributed by atoms with Gasteiger partial charge in [-0.05, 0) is 60.3 Å². The zero-order valence-electron chi connectivity index (χ0n) is 15.6. The zero-order valence-corrected chi connectivity index (χ0v) is 15.6. The summed E-state index contributed by atoms with van der Waals surface area (Å²) in [5.41, 5.74) is 3.66. The highest BCUT2D eigenvalue weighted by Crippen LogP contribution is 2.49. The molecule has 1 heterocycles. The molecule has 3 atom stereocenters. The summed E-state index contributed by atoms with van der Waals surface area (Å²) in [4.78, 5) is 19.7. The molecule has 1 aromatic heterocycles. The molecule has 1 aromatic carbocycles. The van der Waals surface area contributed by atoms with E-state index in [4.69, 9.17) is 0 Å². The standard InChI is InChI=1S/C23H28N2O/c1-2-17-5-7-18(8-6-17)15-25(16-20-4-3-11-24-14-20)23(26)22-13-19-9-10-21(22)12-19/h3-8,11,14,19,21-22H,2,9-10,12-13,15-16H2,1H3. The van der Waals surface area contributed by atoms with Crippen LogP contribution in [0.5, 0.6) is 0 Å². The Hall–Kier alpha value is -2.16. The van der Waals surface area contributed by atoms with Gasteiger partial charge in [-0.15, -0.1) is 0 Å². The highest BCUT2D eigenvalue weighted by molar-refractivity contribution is 5.79. The highest BCUT2D eigenvalue weighted by Gasteiger charge is 2.44. The van der Waals surface area contributed by atoms with Gasteiger partial charge >= 0.3 is 0 Å². The molecule has 3 heteroatoms. The fourth-order valence-electron chi connectivity index (χ4n) is 4.81. The summed E-state index contributed by atoms with van der Waals surface area (Å²) >= 11 is 0. The third-order valence-electron chi connectivity index (χ3n) is 6.27. The van der Waals surface area contributed by atoms with Gasteiger partial charge in [-0.2, -0.15) is 0 Å². The van der Waals surface area contributed by atoms with E-state index in [0.29, 0.717) is 24.9 Å². The molecular weight excluding hydrogens is 320 g/mol. The number of aryl methyl sites for hydroxylation is 1. The maximum atomic E-state index is 13.4. The lowest BCUT2D eigenvalue weighted by atomic mass is 9.87. The first-order valence-corrected chi connectivity index (χ1v) is 9.98. The van der Waals surface area contributed by atoms with Gasteiger partial charge < -0.3 is 4.90 Å². The van der Waals surface area contributed by atoms with E-state index in [9.17, 15) is 4.79 Å². The molecule has 0 saturated heterocycles. The SMILES string of the molecule is CCc1ccc(CN(Cc2cccnc2)C(=O)C2CC3CCC2C3)cc1. The monoisotopic (exact) mass is 348 g/mol. The lowest BCUT2D eigenvalue weighted by Crippen LogP contribution is -2.37. The maximum absolute atomic E-state index is 13.4. The first kappa shape index (κ1) is 17.3. The smallest absolute Gasteiger partial charge is 0.226 e. The Labute approximate surface area is 156 Å². The van der Waals surface area contributed by atoms with E-state index < -0.39 is 0 Å². The second-order valence-electron chi connectivity index (χ2n) is 8.01. The van der Waals surface area contributed by atoms with Crippen LogP contribution >= 0.6 is 0 Å². The molecule has 2 aliphatic rings. The lowest BCUT2D eigenvalue weighted by molar-refractivity contribution is -0.138. The van der Waals surface area contributed by atoms with Crippen molar-refractivity contribution in [2.45, 2.75) is 52.1 Å². The summed E-state index contributed by atoms with van der Waals surface area (Å²) in [6.07, 6.45) is 9.65. The summed E-state index contributed by atoms with van der Waals surface area (Å²) in [6.45, 7) is 3.50. The zero-order chi connectivity index (χ0) is 17.9. The van der Waals surface area contributed by atoms with Crippen molar-refractivity contribution in [1.29, 1.82) is 0 Å². The van der Waals surface area contributed by atoms with Crippen molar-refractivity contribution < 1.29 is 4.79 Å². The van der Waals surface area contributed by atoms with Crippen LogP contribution in [0.4, 0.5) is 0 Å². The van der Waals surface area contributed by atoms with Gasteiger partial charge in [-0.25, -0.2) is 0 Å². The van der Waals surface area contributed by atoms with Gasteiger partial charge in [0.2, 0.25) is 5.91 Å². The van der Waals surface area contributed by atoms with Crippen LogP contribution in [-0.2, 0) is 24.3 Å². The topological polar surface area (TPSA) is 33.2 Å². The van der Waals surface area contributed by atoms with Crippen molar-refractivity contribution in [1.82, 2.24) is 9.88 Å². The van der Waals surface area contributed by atoms with Gasteiger partial charge in [-0.3, -0.25) is 9.78 Å². The predicted octanol–water partition coefficient (Wildman–Crippen LogP) is 4.61. The van der Waals surface area contributed by atoms with Gasteiger partial charge in [0.25, 0.3) is 0 Å². The van der Waals surface area contributed by atoms with Crippen LogP contribution in [-0.4, -0.2) is 15.8 Å². The average Bonchev–Trinajstić information content (AvgIpc) is 3.32. The van der Waals surface area contributed by atoms with Crippen molar-refractivity contribution in [2.75, 3.05) is 0 Å². The van der Waals surface area contributed by atoms with Gasteiger partial charge in [0.1, 0.15) is 0 Å². The second-order valence-corrected chi connectivity index (χ2v) is 8.01. The Morgan fingerprint density at radius 1 is 1.04 bits per heavy atom. The van der Waals surface area contributed by atoms with Crippen LogP contribution in [0, 0.1) is 17.8 Å². The Balaban J connectivity index is 1.53. The van der Waals surface area contributed by atoms with Crippen LogP contribution < -0.4 is 0 Å². The number of carbonyl (C=O) groups excluding carboxylic acids is 1. The van der Waals surface area contributed by atoms with Gasteiger partial charge in [0.15, 0.2) is 0 Å². The van der Waals surface area contributed by atoms with Crippen LogP contribution in [0.1, 0.15) is 49.3 Å². The minimum atomic E-state index is 0.236. The normalized spacial score (nSPS) is 24.0. The number of fused-ring (bicyclic) bond motifs is 2. The number of pyridine rings is 1. The Morgan fingerprint density at radius 3 is 2.42 bits per heavy atom. The molecule has 2 bridgehead atoms. The Bertz CT molecular complexity index is 741. The van der Waals surface area contributed by atoms with Crippen molar-refractivity contribution in [2.24, 2.45) is 17.8 Å². The summed E-state index contributed by atoms with van der Waals surface area (Å²) in [5, 5.41) is 0. The van der Waals surface area contributed by atoms with E-state index in [2.05, 4.69) is 47.1 Å². The number of aromatic nitrogens is 1. The van der Waals surface area contributed by atoms with Crippen molar-refractivity contribution >= 4 is 5.91 Å². The summed E-state index contributed by atoms with van der Waals surface area (Å²) in [5.74, 6) is 1.99. The van der Waals surface area contributed by atoms with E-state index in [0.717, 1.165) is 24.3 Å². The number of nitrogens with zero attached hydrogens (tertiary/aromatic N) is 2. The van der Waals surface area contributed by atoms with E-state index in [1.165, 1.54) is 30.4 Å².